The van der Waals surface area contributed by atoms with Crippen molar-refractivity contribution in [3.8, 4) is 0 Å². The van der Waals surface area contributed by atoms with E-state index in [1.807, 2.05) is 5.38 Å². The van der Waals surface area contributed by atoms with Gasteiger partial charge in [-0.1, -0.05) is 0 Å². The lowest BCUT2D eigenvalue weighted by Gasteiger charge is -1.67. The Balaban J connectivity index is -0.000000120. The molecule has 0 aliphatic carbocycles. The van der Waals surface area contributed by atoms with Gasteiger partial charge in [-0.05, 0) is 0 Å². The van der Waals surface area contributed by atoms with Gasteiger partial charge in [-0.3, -0.25) is 0 Å². The molecule has 0 aliphatic rings. The molecule has 9 heavy (non-hydrogen) atoms. The van der Waals surface area contributed by atoms with Crippen molar-refractivity contribution in [3.05, 3.63) is 11.6 Å². The maximum Gasteiger partial charge on any atom is 0.179 e. The normalized spacial score (nSPS) is 5.78. The zero-order chi connectivity index (χ0) is 4.41. The second kappa shape index (κ2) is 8.30. The van der Waals surface area contributed by atoms with Gasteiger partial charge in [0.25, 0.3) is 0 Å². The van der Waals surface area contributed by atoms with Crippen LogP contribution < -0.4 is 5.73 Å². The molecule has 56 valence electrons. The smallest absolute Gasteiger partial charge is 0.179 e. The van der Waals surface area contributed by atoms with E-state index in [1.54, 1.807) is 6.20 Å². The molecule has 2 N–H and O–H groups in total. The van der Waals surface area contributed by atoms with Gasteiger partial charge >= 0.3 is 0 Å². The van der Waals surface area contributed by atoms with Crippen molar-refractivity contribution < 1.29 is 0 Å². The molecule has 0 bridgehead atoms. The first-order valence-electron chi connectivity index (χ1n) is 1.54. The molecule has 0 saturated carbocycles. The molecule has 1 heterocycles. The molecule has 0 amide bonds. The Morgan fingerprint density at radius 2 is 1.89 bits per heavy atom. The third-order valence-corrected chi connectivity index (χ3v) is 1.06. The maximum absolute atomic E-state index is 5.19. The van der Waals surface area contributed by atoms with Gasteiger partial charge in [0.1, 0.15) is 0 Å². The monoisotopic (exact) mass is 208 g/mol. The molecule has 1 aromatic heterocycles. The minimum absolute atomic E-state index is 0. The number of anilines is 1. The van der Waals surface area contributed by atoms with E-state index in [2.05, 4.69) is 4.98 Å². The summed E-state index contributed by atoms with van der Waals surface area (Å²) in [5, 5.41) is 2.48. The zero-order valence-electron chi connectivity index (χ0n) is 4.31. The van der Waals surface area contributed by atoms with Crippen LogP contribution in [0.4, 0.5) is 5.13 Å². The van der Waals surface area contributed by atoms with Gasteiger partial charge in [0, 0.05) is 11.6 Å². The first-order valence-corrected chi connectivity index (χ1v) is 2.42. The highest BCUT2D eigenvalue weighted by Gasteiger charge is 1.76. The first-order chi connectivity index (χ1) is 2.89. The molecular weight excluding hydrogens is 202 g/mol. The summed E-state index contributed by atoms with van der Waals surface area (Å²) in [5.74, 6) is 0. The van der Waals surface area contributed by atoms with Gasteiger partial charge in [0.2, 0.25) is 0 Å². The van der Waals surface area contributed by atoms with Gasteiger partial charge < -0.3 is 5.73 Å². The first kappa shape index (κ1) is 16.1. The standard InChI is InChI=1S/C3H4N2S.3ClH/c4-3-5-1-2-6-3;;;/h1-2H,(H2,4,5);3*1H. The fourth-order valence-electron chi connectivity index (χ4n) is 0.234. The predicted octanol–water partition coefficient (Wildman–Crippen LogP) is 1.99. The molecule has 0 spiro atoms. The van der Waals surface area contributed by atoms with Crippen molar-refractivity contribution >= 4 is 53.7 Å². The number of nitrogens with zero attached hydrogens (tertiary/aromatic N) is 1. The third kappa shape index (κ3) is 6.18. The largest absolute Gasteiger partial charge is 0.375 e. The lowest BCUT2D eigenvalue weighted by atomic mass is 11.0. The van der Waals surface area contributed by atoms with Crippen molar-refractivity contribution in [2.24, 2.45) is 0 Å². The van der Waals surface area contributed by atoms with Crippen molar-refractivity contribution in [1.29, 1.82) is 0 Å². The van der Waals surface area contributed by atoms with E-state index in [9.17, 15) is 0 Å². The van der Waals surface area contributed by atoms with Gasteiger partial charge in [-0.15, -0.1) is 48.6 Å². The Labute approximate surface area is 76.1 Å². The van der Waals surface area contributed by atoms with E-state index < -0.39 is 0 Å². The fraction of sp³-hybridized carbons (Fsp3) is 0. The van der Waals surface area contributed by atoms with Crippen LogP contribution in [0.1, 0.15) is 0 Å². The Bertz CT molecular complexity index is 121. The number of nitrogen functional groups attached to an aromatic ring is 1. The van der Waals surface area contributed by atoms with Crippen LogP contribution in [0.2, 0.25) is 0 Å². The Morgan fingerprint density at radius 3 is 2.00 bits per heavy atom. The molecule has 1 aromatic rings. The molecular formula is C3H7Cl3N2S. The van der Waals surface area contributed by atoms with E-state index in [0.717, 1.165) is 0 Å². The summed E-state index contributed by atoms with van der Waals surface area (Å²) in [4.78, 5) is 3.71. The SMILES string of the molecule is Cl.Cl.Cl.Nc1nccs1. The number of halogens is 3. The summed E-state index contributed by atoms with van der Waals surface area (Å²) in [6.07, 6.45) is 1.68. The number of aromatic nitrogens is 1. The average molecular weight is 210 g/mol. The highest BCUT2D eigenvalue weighted by Crippen LogP contribution is 2.02. The minimum Gasteiger partial charge on any atom is -0.375 e. The predicted molar refractivity (Wildman–Crippen MR) is 48.3 cm³/mol. The summed E-state index contributed by atoms with van der Waals surface area (Å²) in [5.41, 5.74) is 5.19. The van der Waals surface area contributed by atoms with E-state index in [4.69, 9.17) is 5.73 Å². The summed E-state index contributed by atoms with van der Waals surface area (Å²) >= 11 is 1.44. The quantitative estimate of drug-likeness (QED) is 0.710. The molecule has 1 rings (SSSR count). The topological polar surface area (TPSA) is 38.9 Å². The summed E-state index contributed by atoms with van der Waals surface area (Å²) < 4.78 is 0. The van der Waals surface area contributed by atoms with E-state index in [0.29, 0.717) is 5.13 Å². The summed E-state index contributed by atoms with van der Waals surface area (Å²) in [6, 6.07) is 0. The van der Waals surface area contributed by atoms with E-state index in [-0.39, 0.29) is 37.2 Å². The Kier molecular flexibility index (Phi) is 14.9. The molecule has 0 saturated heterocycles. The van der Waals surface area contributed by atoms with Gasteiger partial charge in [-0.2, -0.15) is 0 Å². The lowest BCUT2D eigenvalue weighted by molar-refractivity contribution is 1.43. The molecule has 0 aliphatic heterocycles. The highest BCUT2D eigenvalue weighted by molar-refractivity contribution is 7.13. The van der Waals surface area contributed by atoms with Gasteiger partial charge in [-0.25, -0.2) is 4.98 Å². The van der Waals surface area contributed by atoms with Crippen molar-refractivity contribution in [2.45, 2.75) is 0 Å². The van der Waals surface area contributed by atoms with Crippen LogP contribution >= 0.6 is 48.6 Å². The van der Waals surface area contributed by atoms with Crippen LogP contribution in [0, 0.1) is 0 Å². The van der Waals surface area contributed by atoms with Crippen LogP contribution in [0.3, 0.4) is 0 Å². The zero-order valence-corrected chi connectivity index (χ0v) is 7.58. The highest BCUT2D eigenvalue weighted by atomic mass is 35.5. The Hall–Kier alpha value is 0.300. The van der Waals surface area contributed by atoms with Crippen LogP contribution in [0.25, 0.3) is 0 Å². The van der Waals surface area contributed by atoms with Crippen molar-refractivity contribution in [2.75, 3.05) is 5.73 Å². The number of rotatable bonds is 0. The second-order valence-corrected chi connectivity index (χ2v) is 1.80. The molecule has 0 unspecified atom stereocenters. The van der Waals surface area contributed by atoms with Gasteiger partial charge in [0.15, 0.2) is 5.13 Å². The Morgan fingerprint density at radius 1 is 1.33 bits per heavy atom. The number of thiazole rings is 1. The molecule has 6 heteroatoms. The van der Waals surface area contributed by atoms with E-state index in [1.165, 1.54) is 11.3 Å². The summed E-state index contributed by atoms with van der Waals surface area (Å²) in [6.45, 7) is 0. The minimum atomic E-state index is 0. The number of hydrogen-bond donors (Lipinski definition) is 1. The second-order valence-electron chi connectivity index (χ2n) is 0.870. The van der Waals surface area contributed by atoms with Crippen LogP contribution in [-0.4, -0.2) is 4.98 Å². The molecule has 2 nitrogen and oxygen atoms in total. The lowest BCUT2D eigenvalue weighted by Crippen LogP contribution is -1.77. The third-order valence-electron chi connectivity index (χ3n) is 0.451. The summed E-state index contributed by atoms with van der Waals surface area (Å²) in [7, 11) is 0. The number of nitrogens with two attached hydrogens (primary N) is 1. The van der Waals surface area contributed by atoms with Crippen molar-refractivity contribution in [3.63, 3.8) is 0 Å². The van der Waals surface area contributed by atoms with Crippen LogP contribution in [0.5, 0.6) is 0 Å². The van der Waals surface area contributed by atoms with E-state index >= 15 is 0 Å². The average Bonchev–Trinajstić information content (AvgIpc) is 1.86. The maximum atomic E-state index is 5.19. The van der Waals surface area contributed by atoms with Crippen LogP contribution in [-0.2, 0) is 0 Å². The molecule has 0 radical (unpaired) electrons. The fourth-order valence-corrected chi connectivity index (χ4v) is 0.617. The molecule has 0 fully saturated rings. The van der Waals surface area contributed by atoms with Crippen LogP contribution in [0.15, 0.2) is 11.6 Å². The molecule has 0 atom stereocenters. The van der Waals surface area contributed by atoms with Gasteiger partial charge in [0.05, 0.1) is 0 Å². The van der Waals surface area contributed by atoms with Crippen molar-refractivity contribution in [1.82, 2.24) is 4.98 Å². The molecule has 0 aromatic carbocycles. The number of hydrogen-bond acceptors (Lipinski definition) is 3.